The van der Waals surface area contributed by atoms with Gasteiger partial charge in [0.2, 0.25) is 0 Å². The van der Waals surface area contributed by atoms with Gasteiger partial charge in [-0.15, -0.1) is 0 Å². The molecule has 0 fully saturated rings. The molecule has 4 N–H and O–H groups in total. The van der Waals surface area contributed by atoms with Crippen molar-refractivity contribution in [1.29, 1.82) is 0 Å². The van der Waals surface area contributed by atoms with Crippen LogP contribution >= 0.6 is 12.2 Å². The minimum atomic E-state index is -3.47. The zero-order valence-electron chi connectivity index (χ0n) is 7.93. The Labute approximate surface area is 93.3 Å². The van der Waals surface area contributed by atoms with Crippen molar-refractivity contribution in [2.24, 2.45) is 5.73 Å². The molecule has 1 rings (SSSR count). The van der Waals surface area contributed by atoms with Crippen molar-refractivity contribution in [1.82, 2.24) is 14.9 Å². The predicted molar refractivity (Wildman–Crippen MR) is 59.8 cm³/mol. The van der Waals surface area contributed by atoms with Crippen LogP contribution < -0.4 is 10.5 Å². The number of hydrogen-bond acceptors (Lipinski definition) is 4. The standard InChI is InChI=1S/C7H12N4O2S2/c8-6(14)2-1-4-10-15(12,13)7-3-5-9-11-7/h3,5,10H,1-2,4H2,(H2,8,14)(H,9,11). The number of aromatic nitrogens is 2. The lowest BCUT2D eigenvalue weighted by atomic mass is 10.3. The largest absolute Gasteiger partial charge is 0.393 e. The summed E-state index contributed by atoms with van der Waals surface area (Å²) in [6, 6.07) is 1.38. The number of sulfonamides is 1. The minimum absolute atomic E-state index is 0.0535. The Balaban J connectivity index is 2.42. The molecular formula is C7H12N4O2S2. The first-order chi connectivity index (χ1) is 7.02. The second-order valence-corrected chi connectivity index (χ2v) is 5.15. The van der Waals surface area contributed by atoms with E-state index in [0.717, 1.165) is 0 Å². The van der Waals surface area contributed by atoms with Crippen LogP contribution in [0.25, 0.3) is 0 Å². The molecule has 8 heteroatoms. The Morgan fingerprint density at radius 2 is 2.40 bits per heavy atom. The van der Waals surface area contributed by atoms with Gasteiger partial charge in [0.05, 0.1) is 11.2 Å². The van der Waals surface area contributed by atoms with Gasteiger partial charge in [-0.1, -0.05) is 12.2 Å². The van der Waals surface area contributed by atoms with Gasteiger partial charge in [-0.3, -0.25) is 5.10 Å². The van der Waals surface area contributed by atoms with Crippen molar-refractivity contribution in [2.75, 3.05) is 6.54 Å². The summed E-state index contributed by atoms with van der Waals surface area (Å²) in [5, 5.41) is 5.99. The summed E-state index contributed by atoms with van der Waals surface area (Å²) in [5.74, 6) is 0. The fourth-order valence-corrected chi connectivity index (χ4v) is 2.07. The lowest BCUT2D eigenvalue weighted by Crippen LogP contribution is -2.26. The normalized spacial score (nSPS) is 11.5. The number of hydrogen-bond donors (Lipinski definition) is 3. The Morgan fingerprint density at radius 3 is 2.93 bits per heavy atom. The van der Waals surface area contributed by atoms with E-state index in [1.54, 1.807) is 0 Å². The van der Waals surface area contributed by atoms with E-state index in [-0.39, 0.29) is 5.03 Å². The van der Waals surface area contributed by atoms with Crippen molar-refractivity contribution in [3.05, 3.63) is 12.3 Å². The molecule has 1 aromatic heterocycles. The summed E-state index contributed by atoms with van der Waals surface area (Å²) in [4.78, 5) is 0.385. The molecule has 15 heavy (non-hydrogen) atoms. The van der Waals surface area contributed by atoms with E-state index in [9.17, 15) is 8.42 Å². The van der Waals surface area contributed by atoms with Crippen LogP contribution in [0.2, 0.25) is 0 Å². The molecule has 0 aliphatic rings. The van der Waals surface area contributed by atoms with Gasteiger partial charge in [0, 0.05) is 6.54 Å². The Hall–Kier alpha value is -0.990. The average molecular weight is 248 g/mol. The van der Waals surface area contributed by atoms with E-state index in [2.05, 4.69) is 27.1 Å². The van der Waals surface area contributed by atoms with Crippen molar-refractivity contribution >= 4 is 27.2 Å². The molecule has 84 valence electrons. The second kappa shape index (κ2) is 5.19. The van der Waals surface area contributed by atoms with Crippen molar-refractivity contribution in [2.45, 2.75) is 17.9 Å². The fraction of sp³-hybridized carbons (Fsp3) is 0.429. The van der Waals surface area contributed by atoms with Gasteiger partial charge in [0.25, 0.3) is 10.0 Å². The number of thiocarbonyl (C=S) groups is 1. The summed E-state index contributed by atoms with van der Waals surface area (Å²) in [7, 11) is -3.47. The fourth-order valence-electron chi connectivity index (χ4n) is 0.940. The molecule has 6 nitrogen and oxygen atoms in total. The van der Waals surface area contributed by atoms with E-state index in [4.69, 9.17) is 5.73 Å². The molecule has 0 unspecified atom stereocenters. The smallest absolute Gasteiger partial charge is 0.257 e. The molecule has 0 saturated heterocycles. The van der Waals surface area contributed by atoms with Crippen molar-refractivity contribution in [3.63, 3.8) is 0 Å². The molecule has 1 heterocycles. The van der Waals surface area contributed by atoms with Crippen LogP contribution in [0.5, 0.6) is 0 Å². The number of nitrogens with two attached hydrogens (primary N) is 1. The third-order valence-corrected chi connectivity index (χ3v) is 3.25. The van der Waals surface area contributed by atoms with Gasteiger partial charge >= 0.3 is 0 Å². The van der Waals surface area contributed by atoms with Gasteiger partial charge in [-0.05, 0) is 18.9 Å². The van der Waals surface area contributed by atoms with E-state index in [1.807, 2.05) is 0 Å². The van der Waals surface area contributed by atoms with Crippen LogP contribution in [-0.2, 0) is 10.0 Å². The molecule has 0 aliphatic carbocycles. The van der Waals surface area contributed by atoms with E-state index in [1.165, 1.54) is 12.3 Å². The highest BCUT2D eigenvalue weighted by molar-refractivity contribution is 7.89. The summed E-state index contributed by atoms with van der Waals surface area (Å²) in [5.41, 5.74) is 5.27. The zero-order chi connectivity index (χ0) is 11.3. The zero-order valence-corrected chi connectivity index (χ0v) is 9.57. The van der Waals surface area contributed by atoms with E-state index in [0.29, 0.717) is 24.4 Å². The molecular weight excluding hydrogens is 236 g/mol. The highest BCUT2D eigenvalue weighted by Gasteiger charge is 2.13. The average Bonchev–Trinajstić information content (AvgIpc) is 2.65. The Morgan fingerprint density at radius 1 is 1.67 bits per heavy atom. The Kier molecular flexibility index (Phi) is 4.18. The maximum atomic E-state index is 11.5. The third-order valence-electron chi connectivity index (χ3n) is 1.66. The molecule has 0 aromatic carbocycles. The maximum Gasteiger partial charge on any atom is 0.257 e. The maximum absolute atomic E-state index is 11.5. The number of nitrogens with one attached hydrogen (secondary N) is 2. The quantitative estimate of drug-likeness (QED) is 0.476. The van der Waals surface area contributed by atoms with Crippen LogP contribution in [0.15, 0.2) is 17.3 Å². The minimum Gasteiger partial charge on any atom is -0.393 e. The molecule has 0 aliphatic heterocycles. The number of nitrogens with zero attached hydrogens (tertiary/aromatic N) is 1. The lowest BCUT2D eigenvalue weighted by Gasteiger charge is -2.03. The first kappa shape index (κ1) is 12.1. The number of rotatable bonds is 6. The summed E-state index contributed by atoms with van der Waals surface area (Å²) in [6.45, 7) is 0.304. The highest BCUT2D eigenvalue weighted by atomic mass is 32.2. The SMILES string of the molecule is NC(=S)CCCNS(=O)(=O)c1ccn[nH]1. The van der Waals surface area contributed by atoms with Gasteiger partial charge in [0.15, 0.2) is 5.03 Å². The first-order valence-corrected chi connectivity index (χ1v) is 6.19. The second-order valence-electron chi connectivity index (χ2n) is 2.89. The molecule has 0 bridgehead atoms. The molecule has 0 atom stereocenters. The summed E-state index contributed by atoms with van der Waals surface area (Å²) < 4.78 is 25.4. The van der Waals surface area contributed by atoms with Gasteiger partial charge < -0.3 is 5.73 Å². The topological polar surface area (TPSA) is 101 Å². The van der Waals surface area contributed by atoms with E-state index >= 15 is 0 Å². The van der Waals surface area contributed by atoms with Crippen molar-refractivity contribution in [3.8, 4) is 0 Å². The molecule has 0 radical (unpaired) electrons. The van der Waals surface area contributed by atoms with Crippen LogP contribution in [0.1, 0.15) is 12.8 Å². The number of H-pyrrole nitrogens is 1. The van der Waals surface area contributed by atoms with Crippen LogP contribution in [-0.4, -0.2) is 30.1 Å². The Bertz CT molecular complexity index is 412. The lowest BCUT2D eigenvalue weighted by molar-refractivity contribution is 0.575. The van der Waals surface area contributed by atoms with E-state index < -0.39 is 10.0 Å². The van der Waals surface area contributed by atoms with Gasteiger partial charge in [-0.2, -0.15) is 5.10 Å². The number of aromatic amines is 1. The van der Waals surface area contributed by atoms with Crippen LogP contribution in [0.3, 0.4) is 0 Å². The van der Waals surface area contributed by atoms with Crippen LogP contribution in [0, 0.1) is 0 Å². The molecule has 0 spiro atoms. The van der Waals surface area contributed by atoms with Crippen molar-refractivity contribution < 1.29 is 8.42 Å². The molecule has 0 amide bonds. The summed E-state index contributed by atoms with van der Waals surface area (Å²) in [6.07, 6.45) is 2.49. The molecule has 1 aromatic rings. The predicted octanol–water partition coefficient (Wildman–Crippen LogP) is -0.246. The first-order valence-electron chi connectivity index (χ1n) is 4.30. The summed E-state index contributed by atoms with van der Waals surface area (Å²) >= 11 is 4.67. The molecule has 0 saturated carbocycles. The van der Waals surface area contributed by atoms with Gasteiger partial charge in [-0.25, -0.2) is 13.1 Å². The monoisotopic (exact) mass is 248 g/mol. The van der Waals surface area contributed by atoms with Gasteiger partial charge in [0.1, 0.15) is 0 Å². The van der Waals surface area contributed by atoms with Crippen LogP contribution in [0.4, 0.5) is 0 Å². The highest BCUT2D eigenvalue weighted by Crippen LogP contribution is 2.02. The third kappa shape index (κ3) is 3.94.